The Morgan fingerprint density at radius 2 is 2.00 bits per heavy atom. The SMILES string of the molecule is Cc1cccc(OCC(O)CNCc2ccc(F)cc2F)c1. The monoisotopic (exact) mass is 307 g/mol. The van der Waals surface area contributed by atoms with E-state index in [0.29, 0.717) is 11.3 Å². The van der Waals surface area contributed by atoms with Crippen LogP contribution in [0.5, 0.6) is 5.75 Å². The number of aliphatic hydroxyl groups is 1. The first-order valence-corrected chi connectivity index (χ1v) is 7.07. The van der Waals surface area contributed by atoms with Crippen LogP contribution in [0, 0.1) is 18.6 Å². The molecule has 2 N–H and O–H groups in total. The molecule has 2 aromatic carbocycles. The average Bonchev–Trinajstić information content (AvgIpc) is 2.47. The van der Waals surface area contributed by atoms with E-state index in [1.165, 1.54) is 12.1 Å². The normalized spacial score (nSPS) is 12.2. The Labute approximate surface area is 128 Å². The van der Waals surface area contributed by atoms with Gasteiger partial charge in [0.05, 0.1) is 0 Å². The number of ether oxygens (including phenoxy) is 1. The number of nitrogens with one attached hydrogen (secondary N) is 1. The number of halogens is 2. The molecule has 0 saturated heterocycles. The summed E-state index contributed by atoms with van der Waals surface area (Å²) >= 11 is 0. The number of aryl methyl sites for hydroxylation is 1. The number of aliphatic hydroxyl groups excluding tert-OH is 1. The molecule has 5 heteroatoms. The van der Waals surface area contributed by atoms with Crippen molar-refractivity contribution < 1.29 is 18.6 Å². The third-order valence-corrected chi connectivity index (χ3v) is 3.14. The largest absolute Gasteiger partial charge is 0.491 e. The number of benzene rings is 2. The Hall–Kier alpha value is -1.98. The molecule has 0 radical (unpaired) electrons. The molecule has 1 unspecified atom stereocenters. The molecule has 1 atom stereocenters. The first-order valence-electron chi connectivity index (χ1n) is 7.07. The standard InChI is InChI=1S/C17H19F2NO2/c1-12-3-2-4-16(7-12)22-11-15(21)10-20-9-13-5-6-14(18)8-17(13)19/h2-8,15,20-21H,9-11H2,1H3. The molecule has 22 heavy (non-hydrogen) atoms. The summed E-state index contributed by atoms with van der Waals surface area (Å²) in [5.74, 6) is -0.505. The molecule has 0 aliphatic heterocycles. The molecule has 3 nitrogen and oxygen atoms in total. The quantitative estimate of drug-likeness (QED) is 0.826. The number of hydrogen-bond donors (Lipinski definition) is 2. The molecule has 0 aliphatic rings. The zero-order valence-electron chi connectivity index (χ0n) is 12.4. The number of rotatable bonds is 7. The van der Waals surface area contributed by atoms with Gasteiger partial charge in [-0.2, -0.15) is 0 Å². The maximum absolute atomic E-state index is 13.4. The minimum absolute atomic E-state index is 0.141. The average molecular weight is 307 g/mol. The summed E-state index contributed by atoms with van der Waals surface area (Å²) in [7, 11) is 0. The van der Waals surface area contributed by atoms with Crippen LogP contribution < -0.4 is 10.1 Å². The Kier molecular flexibility index (Phi) is 5.86. The van der Waals surface area contributed by atoms with E-state index in [1.54, 1.807) is 0 Å². The van der Waals surface area contributed by atoms with Crippen LogP contribution in [-0.2, 0) is 6.54 Å². The first-order chi connectivity index (χ1) is 10.5. The molecule has 2 rings (SSSR count). The van der Waals surface area contributed by atoms with E-state index in [2.05, 4.69) is 5.32 Å². The molecule has 118 valence electrons. The lowest BCUT2D eigenvalue weighted by molar-refractivity contribution is 0.106. The third-order valence-electron chi connectivity index (χ3n) is 3.14. The van der Waals surface area contributed by atoms with E-state index in [9.17, 15) is 13.9 Å². The molecule has 2 aromatic rings. The first kappa shape index (κ1) is 16.4. The van der Waals surface area contributed by atoms with Gasteiger partial charge in [0.1, 0.15) is 30.1 Å². The van der Waals surface area contributed by atoms with E-state index in [-0.39, 0.29) is 19.7 Å². The van der Waals surface area contributed by atoms with Gasteiger partial charge in [0.2, 0.25) is 0 Å². The molecule has 0 aromatic heterocycles. The van der Waals surface area contributed by atoms with Crippen molar-refractivity contribution in [2.75, 3.05) is 13.2 Å². The second-order valence-electron chi connectivity index (χ2n) is 5.15. The van der Waals surface area contributed by atoms with Gasteiger partial charge in [0.25, 0.3) is 0 Å². The van der Waals surface area contributed by atoms with Crippen molar-refractivity contribution in [2.45, 2.75) is 19.6 Å². The Morgan fingerprint density at radius 1 is 1.18 bits per heavy atom. The van der Waals surface area contributed by atoms with Crippen molar-refractivity contribution in [1.29, 1.82) is 0 Å². The predicted octanol–water partition coefficient (Wildman–Crippen LogP) is 2.80. The highest BCUT2D eigenvalue weighted by Crippen LogP contribution is 2.12. The van der Waals surface area contributed by atoms with Gasteiger partial charge in [0.15, 0.2) is 0 Å². The van der Waals surface area contributed by atoms with Crippen LogP contribution in [0.25, 0.3) is 0 Å². The zero-order chi connectivity index (χ0) is 15.9. The van der Waals surface area contributed by atoms with Crippen molar-refractivity contribution in [2.24, 2.45) is 0 Å². The van der Waals surface area contributed by atoms with Gasteiger partial charge in [-0.15, -0.1) is 0 Å². The van der Waals surface area contributed by atoms with Crippen LogP contribution in [0.15, 0.2) is 42.5 Å². The van der Waals surface area contributed by atoms with Crippen molar-refractivity contribution in [3.63, 3.8) is 0 Å². The van der Waals surface area contributed by atoms with Crippen molar-refractivity contribution >= 4 is 0 Å². The summed E-state index contributed by atoms with van der Waals surface area (Å²) in [6, 6.07) is 11.0. The number of hydrogen-bond acceptors (Lipinski definition) is 3. The molecular formula is C17H19F2NO2. The van der Waals surface area contributed by atoms with Crippen molar-refractivity contribution in [3.05, 3.63) is 65.2 Å². The van der Waals surface area contributed by atoms with E-state index in [0.717, 1.165) is 11.6 Å². The van der Waals surface area contributed by atoms with E-state index < -0.39 is 17.7 Å². The Bertz CT molecular complexity index is 619. The summed E-state index contributed by atoms with van der Waals surface area (Å²) in [6.45, 7) is 2.57. The molecule has 0 amide bonds. The molecule has 0 spiro atoms. The summed E-state index contributed by atoms with van der Waals surface area (Å²) in [4.78, 5) is 0. The zero-order valence-corrected chi connectivity index (χ0v) is 12.4. The third kappa shape index (κ3) is 5.09. The van der Waals surface area contributed by atoms with E-state index in [4.69, 9.17) is 4.74 Å². The fourth-order valence-corrected chi connectivity index (χ4v) is 1.99. The minimum Gasteiger partial charge on any atom is -0.491 e. The lowest BCUT2D eigenvalue weighted by Gasteiger charge is -2.14. The highest BCUT2D eigenvalue weighted by atomic mass is 19.1. The van der Waals surface area contributed by atoms with Gasteiger partial charge < -0.3 is 15.2 Å². The fourth-order valence-electron chi connectivity index (χ4n) is 1.99. The maximum atomic E-state index is 13.4. The van der Waals surface area contributed by atoms with Crippen molar-refractivity contribution in [3.8, 4) is 5.75 Å². The molecule has 0 saturated carbocycles. The smallest absolute Gasteiger partial charge is 0.130 e. The highest BCUT2D eigenvalue weighted by molar-refractivity contribution is 5.27. The van der Waals surface area contributed by atoms with Crippen LogP contribution in [-0.4, -0.2) is 24.4 Å². The maximum Gasteiger partial charge on any atom is 0.130 e. The molecule has 0 aliphatic carbocycles. The summed E-state index contributed by atoms with van der Waals surface area (Å²) in [5, 5.41) is 12.7. The minimum atomic E-state index is -0.718. The fraction of sp³-hybridized carbons (Fsp3) is 0.294. The van der Waals surface area contributed by atoms with Gasteiger partial charge in [-0.1, -0.05) is 18.2 Å². The highest BCUT2D eigenvalue weighted by Gasteiger charge is 2.07. The van der Waals surface area contributed by atoms with E-state index >= 15 is 0 Å². The topological polar surface area (TPSA) is 41.5 Å². The lowest BCUT2D eigenvalue weighted by atomic mass is 10.2. The van der Waals surface area contributed by atoms with Crippen LogP contribution >= 0.6 is 0 Å². The second-order valence-corrected chi connectivity index (χ2v) is 5.15. The summed E-state index contributed by atoms with van der Waals surface area (Å²) in [6.07, 6.45) is -0.718. The Balaban J connectivity index is 1.72. The van der Waals surface area contributed by atoms with Crippen LogP contribution in [0.1, 0.15) is 11.1 Å². The van der Waals surface area contributed by atoms with E-state index in [1.807, 2.05) is 31.2 Å². The van der Waals surface area contributed by atoms with Crippen LogP contribution in [0.3, 0.4) is 0 Å². The van der Waals surface area contributed by atoms with Gasteiger partial charge in [0, 0.05) is 24.7 Å². The summed E-state index contributed by atoms with van der Waals surface area (Å²) < 4.78 is 31.7. The van der Waals surface area contributed by atoms with Crippen LogP contribution in [0.2, 0.25) is 0 Å². The van der Waals surface area contributed by atoms with Gasteiger partial charge in [-0.3, -0.25) is 0 Å². The van der Waals surface area contributed by atoms with Crippen LogP contribution in [0.4, 0.5) is 8.78 Å². The van der Waals surface area contributed by atoms with Crippen molar-refractivity contribution in [1.82, 2.24) is 5.32 Å². The molecule has 0 heterocycles. The molecule has 0 fully saturated rings. The predicted molar refractivity (Wildman–Crippen MR) is 80.7 cm³/mol. The lowest BCUT2D eigenvalue weighted by Crippen LogP contribution is -2.31. The molecule has 0 bridgehead atoms. The second kappa shape index (κ2) is 7.87. The van der Waals surface area contributed by atoms with Gasteiger partial charge in [-0.25, -0.2) is 8.78 Å². The Morgan fingerprint density at radius 3 is 2.73 bits per heavy atom. The van der Waals surface area contributed by atoms with Gasteiger partial charge >= 0.3 is 0 Å². The summed E-state index contributed by atoms with van der Waals surface area (Å²) in [5.41, 5.74) is 1.44. The molecular weight excluding hydrogens is 288 g/mol. The van der Waals surface area contributed by atoms with Gasteiger partial charge in [-0.05, 0) is 30.7 Å².